The van der Waals surface area contributed by atoms with E-state index in [0.717, 1.165) is 6.42 Å². The van der Waals surface area contributed by atoms with Crippen molar-refractivity contribution >= 4 is 17.0 Å². The van der Waals surface area contributed by atoms with E-state index in [1.54, 1.807) is 25.3 Å². The van der Waals surface area contributed by atoms with Crippen LogP contribution in [0.4, 0.5) is 0 Å². The maximum absolute atomic E-state index is 11.8. The number of hydrogen-bond donors (Lipinski definition) is 1. The van der Waals surface area contributed by atoms with Crippen molar-refractivity contribution in [3.8, 4) is 0 Å². The van der Waals surface area contributed by atoms with Gasteiger partial charge in [-0.05, 0) is 24.6 Å². The average molecular weight is 234 g/mol. The van der Waals surface area contributed by atoms with Crippen LogP contribution in [0, 0.1) is 0 Å². The molecule has 0 aliphatic heterocycles. The number of amides is 1. The van der Waals surface area contributed by atoms with E-state index in [1.807, 2.05) is 0 Å². The third-order valence-electron chi connectivity index (χ3n) is 2.40. The topological polar surface area (TPSA) is 64.4 Å². The molecule has 1 heterocycles. The minimum Gasteiger partial charge on any atom is -0.443 e. The first-order chi connectivity index (χ1) is 8.31. The van der Waals surface area contributed by atoms with E-state index in [2.05, 4.69) is 10.3 Å². The number of carbonyl (C=O) groups is 1. The SMILES string of the molecule is COCCCNC(=O)c1ccc2ocnc2c1. The van der Waals surface area contributed by atoms with Gasteiger partial charge in [0.25, 0.3) is 5.91 Å². The van der Waals surface area contributed by atoms with Crippen molar-refractivity contribution in [2.75, 3.05) is 20.3 Å². The molecule has 0 aliphatic carbocycles. The highest BCUT2D eigenvalue weighted by molar-refractivity contribution is 5.96. The number of benzene rings is 1. The van der Waals surface area contributed by atoms with E-state index in [1.165, 1.54) is 6.39 Å². The highest BCUT2D eigenvalue weighted by atomic mass is 16.5. The largest absolute Gasteiger partial charge is 0.443 e. The Kier molecular flexibility index (Phi) is 3.72. The molecular formula is C12H14N2O3. The quantitative estimate of drug-likeness (QED) is 0.798. The van der Waals surface area contributed by atoms with Gasteiger partial charge in [0.2, 0.25) is 0 Å². The highest BCUT2D eigenvalue weighted by Gasteiger charge is 2.07. The van der Waals surface area contributed by atoms with E-state index < -0.39 is 0 Å². The molecule has 1 amide bonds. The lowest BCUT2D eigenvalue weighted by Crippen LogP contribution is -2.25. The van der Waals surface area contributed by atoms with Crippen molar-refractivity contribution in [3.05, 3.63) is 30.2 Å². The number of nitrogens with zero attached hydrogens (tertiary/aromatic N) is 1. The first-order valence-corrected chi connectivity index (χ1v) is 5.41. The second-order valence-electron chi connectivity index (χ2n) is 3.64. The standard InChI is InChI=1S/C12H14N2O3/c1-16-6-2-5-13-12(15)9-3-4-11-10(7-9)14-8-17-11/h3-4,7-8H,2,5-6H2,1H3,(H,13,15). The summed E-state index contributed by atoms with van der Waals surface area (Å²) in [5.74, 6) is -0.106. The van der Waals surface area contributed by atoms with Crippen molar-refractivity contribution in [3.63, 3.8) is 0 Å². The first kappa shape index (κ1) is 11.6. The number of fused-ring (bicyclic) bond motifs is 1. The molecule has 5 heteroatoms. The number of oxazole rings is 1. The summed E-state index contributed by atoms with van der Waals surface area (Å²) in [7, 11) is 1.64. The van der Waals surface area contributed by atoms with Crippen LogP contribution in [-0.2, 0) is 4.74 Å². The van der Waals surface area contributed by atoms with E-state index in [-0.39, 0.29) is 5.91 Å². The van der Waals surface area contributed by atoms with Crippen LogP contribution in [0.25, 0.3) is 11.1 Å². The minimum atomic E-state index is -0.106. The molecule has 1 aromatic carbocycles. The molecule has 0 radical (unpaired) electrons. The first-order valence-electron chi connectivity index (χ1n) is 5.41. The number of nitrogens with one attached hydrogen (secondary N) is 1. The van der Waals surface area contributed by atoms with Crippen molar-refractivity contribution in [2.45, 2.75) is 6.42 Å². The summed E-state index contributed by atoms with van der Waals surface area (Å²) in [4.78, 5) is 15.8. The molecule has 2 rings (SSSR count). The van der Waals surface area contributed by atoms with Crippen LogP contribution < -0.4 is 5.32 Å². The number of rotatable bonds is 5. The molecule has 0 aliphatic rings. The zero-order valence-electron chi connectivity index (χ0n) is 9.60. The molecular weight excluding hydrogens is 220 g/mol. The Hall–Kier alpha value is -1.88. The molecule has 0 fully saturated rings. The molecule has 1 N–H and O–H groups in total. The molecule has 0 saturated heterocycles. The third-order valence-corrected chi connectivity index (χ3v) is 2.40. The van der Waals surface area contributed by atoms with E-state index >= 15 is 0 Å². The number of hydrogen-bond acceptors (Lipinski definition) is 4. The zero-order chi connectivity index (χ0) is 12.1. The summed E-state index contributed by atoms with van der Waals surface area (Å²) in [6.45, 7) is 1.24. The van der Waals surface area contributed by atoms with Crippen LogP contribution in [0.1, 0.15) is 16.8 Å². The summed E-state index contributed by atoms with van der Waals surface area (Å²) in [6, 6.07) is 5.18. The van der Waals surface area contributed by atoms with Crippen LogP contribution >= 0.6 is 0 Å². The number of methoxy groups -OCH3 is 1. The normalized spacial score (nSPS) is 10.6. The van der Waals surface area contributed by atoms with Gasteiger partial charge in [-0.1, -0.05) is 0 Å². The minimum absolute atomic E-state index is 0.106. The lowest BCUT2D eigenvalue weighted by atomic mass is 10.2. The van der Waals surface area contributed by atoms with Gasteiger partial charge in [0, 0.05) is 25.8 Å². The number of aromatic nitrogens is 1. The fraction of sp³-hybridized carbons (Fsp3) is 0.333. The van der Waals surface area contributed by atoms with Crippen molar-refractivity contribution in [1.29, 1.82) is 0 Å². The van der Waals surface area contributed by atoms with Gasteiger partial charge in [0.1, 0.15) is 5.52 Å². The Balaban J connectivity index is 1.98. The summed E-state index contributed by atoms with van der Waals surface area (Å²) < 4.78 is 10.0. The average Bonchev–Trinajstić information content (AvgIpc) is 2.81. The van der Waals surface area contributed by atoms with Gasteiger partial charge in [-0.2, -0.15) is 0 Å². The molecule has 2 aromatic rings. The van der Waals surface area contributed by atoms with E-state index in [4.69, 9.17) is 9.15 Å². The summed E-state index contributed by atoms with van der Waals surface area (Å²) in [6.07, 6.45) is 2.17. The van der Waals surface area contributed by atoms with Crippen LogP contribution in [0.3, 0.4) is 0 Å². The zero-order valence-corrected chi connectivity index (χ0v) is 9.60. The molecule has 0 unspecified atom stereocenters. The molecule has 0 bridgehead atoms. The van der Waals surface area contributed by atoms with Crippen LogP contribution in [-0.4, -0.2) is 31.2 Å². The molecule has 0 saturated carbocycles. The van der Waals surface area contributed by atoms with Crippen LogP contribution in [0.2, 0.25) is 0 Å². The maximum Gasteiger partial charge on any atom is 0.251 e. The van der Waals surface area contributed by atoms with Gasteiger partial charge >= 0.3 is 0 Å². The molecule has 90 valence electrons. The second kappa shape index (κ2) is 5.45. The van der Waals surface area contributed by atoms with Crippen molar-refractivity contribution in [2.24, 2.45) is 0 Å². The van der Waals surface area contributed by atoms with Crippen LogP contribution in [0.15, 0.2) is 29.0 Å². The summed E-state index contributed by atoms with van der Waals surface area (Å²) in [5.41, 5.74) is 1.96. The van der Waals surface area contributed by atoms with Gasteiger partial charge in [-0.3, -0.25) is 4.79 Å². The smallest absolute Gasteiger partial charge is 0.251 e. The van der Waals surface area contributed by atoms with Gasteiger partial charge in [0.05, 0.1) is 0 Å². The Morgan fingerprint density at radius 1 is 1.53 bits per heavy atom. The fourth-order valence-corrected chi connectivity index (χ4v) is 1.52. The third kappa shape index (κ3) is 2.82. The Morgan fingerprint density at radius 3 is 3.24 bits per heavy atom. The van der Waals surface area contributed by atoms with Crippen molar-refractivity contribution in [1.82, 2.24) is 10.3 Å². The van der Waals surface area contributed by atoms with Crippen LogP contribution in [0.5, 0.6) is 0 Å². The Labute approximate surface area is 98.8 Å². The fourth-order valence-electron chi connectivity index (χ4n) is 1.52. The molecule has 17 heavy (non-hydrogen) atoms. The molecule has 0 spiro atoms. The van der Waals surface area contributed by atoms with E-state index in [0.29, 0.717) is 29.8 Å². The van der Waals surface area contributed by atoms with E-state index in [9.17, 15) is 4.79 Å². The second-order valence-corrected chi connectivity index (χ2v) is 3.64. The van der Waals surface area contributed by atoms with Gasteiger partial charge in [-0.15, -0.1) is 0 Å². The van der Waals surface area contributed by atoms with Crippen molar-refractivity contribution < 1.29 is 13.9 Å². The summed E-state index contributed by atoms with van der Waals surface area (Å²) >= 11 is 0. The molecule has 1 aromatic heterocycles. The molecule has 5 nitrogen and oxygen atoms in total. The Bertz CT molecular complexity index is 507. The van der Waals surface area contributed by atoms with Gasteiger partial charge < -0.3 is 14.5 Å². The predicted octanol–water partition coefficient (Wildman–Crippen LogP) is 1.59. The Morgan fingerprint density at radius 2 is 2.41 bits per heavy atom. The summed E-state index contributed by atoms with van der Waals surface area (Å²) in [5, 5.41) is 2.81. The lowest BCUT2D eigenvalue weighted by molar-refractivity contribution is 0.0948. The van der Waals surface area contributed by atoms with Gasteiger partial charge in [-0.25, -0.2) is 4.98 Å². The maximum atomic E-state index is 11.8. The number of ether oxygens (including phenoxy) is 1. The number of carbonyl (C=O) groups excluding carboxylic acids is 1. The monoisotopic (exact) mass is 234 g/mol. The lowest BCUT2D eigenvalue weighted by Gasteiger charge is -2.04. The van der Waals surface area contributed by atoms with Gasteiger partial charge in [0.15, 0.2) is 12.0 Å². The highest BCUT2D eigenvalue weighted by Crippen LogP contribution is 2.13. The molecule has 0 atom stereocenters. The predicted molar refractivity (Wildman–Crippen MR) is 62.8 cm³/mol.